The normalized spacial score (nSPS) is 15.8. The monoisotopic (exact) mass is 1160 g/mol. The summed E-state index contributed by atoms with van der Waals surface area (Å²) >= 11 is 14.9. The first-order valence-electron chi connectivity index (χ1n) is 26.4. The van der Waals surface area contributed by atoms with E-state index in [9.17, 15) is 0 Å². The Morgan fingerprint density at radius 1 is 0.360 bits per heavy atom. The van der Waals surface area contributed by atoms with E-state index in [1.807, 2.05) is 68.0 Å². The summed E-state index contributed by atoms with van der Waals surface area (Å²) in [6.07, 6.45) is 0. The van der Waals surface area contributed by atoms with Crippen LogP contribution in [0.1, 0.15) is 173 Å². The summed E-state index contributed by atoms with van der Waals surface area (Å²) in [5, 5.41) is 3.57. The first-order valence-corrected chi connectivity index (χ1v) is 33.0. The summed E-state index contributed by atoms with van der Waals surface area (Å²) in [5.41, 5.74) is 3.04. The van der Waals surface area contributed by atoms with Gasteiger partial charge in [0.2, 0.25) is 0 Å². The second-order valence-corrected chi connectivity index (χ2v) is 30.2. The fourth-order valence-electron chi connectivity index (χ4n) is 10.1. The van der Waals surface area contributed by atoms with E-state index in [1.54, 1.807) is 22.7 Å². The van der Waals surface area contributed by atoms with E-state index in [-0.39, 0.29) is 5.41 Å². The van der Waals surface area contributed by atoms with Crippen molar-refractivity contribution in [3.05, 3.63) is 64.0 Å². The quantitative estimate of drug-likeness (QED) is 0.142. The number of hydrogen-bond acceptors (Lipinski definition) is 16. The van der Waals surface area contributed by atoms with Gasteiger partial charge in [-0.05, 0) is 70.2 Å². The average Bonchev–Trinajstić information content (AvgIpc) is 4.24. The molecule has 0 aromatic carbocycles. The lowest BCUT2D eigenvalue weighted by Crippen LogP contribution is -2.16. The van der Waals surface area contributed by atoms with Crippen molar-refractivity contribution in [2.45, 2.75) is 138 Å². The van der Waals surface area contributed by atoms with Gasteiger partial charge >= 0.3 is 0 Å². The summed E-state index contributed by atoms with van der Waals surface area (Å²) in [4.78, 5) is 18.4. The largest absolute Gasteiger partial charge is 0.485 e. The minimum Gasteiger partial charge on any atom is -0.485 e. The molecule has 0 fully saturated rings. The molecule has 0 atom stereocenters. The van der Waals surface area contributed by atoms with Gasteiger partial charge in [-0.2, -0.15) is 0 Å². The zero-order valence-corrected chi connectivity index (χ0v) is 52.0. The molecule has 1 aliphatic carbocycles. The molecule has 0 saturated heterocycles. The van der Waals surface area contributed by atoms with Crippen molar-refractivity contribution >= 4 is 101 Å². The lowest BCUT2D eigenvalue weighted by Gasteiger charge is -2.19. The highest BCUT2D eigenvalue weighted by Crippen LogP contribution is 2.63. The Labute approximate surface area is 474 Å². The van der Waals surface area contributed by atoms with Crippen LogP contribution in [0.2, 0.25) is 0 Å². The van der Waals surface area contributed by atoms with Gasteiger partial charge in [0.05, 0.1) is 43.9 Å². The topological polar surface area (TPSA) is 73.8 Å². The molecule has 0 unspecified atom stereocenters. The van der Waals surface area contributed by atoms with E-state index in [0.717, 1.165) is 55.8 Å². The minimum atomic E-state index is 0.0681. The van der Waals surface area contributed by atoms with Crippen LogP contribution >= 0.6 is 90.7 Å². The van der Waals surface area contributed by atoms with Crippen molar-refractivity contribution in [3.63, 3.8) is 0 Å². The Morgan fingerprint density at radius 3 is 1.12 bits per heavy atom. The zero-order valence-electron chi connectivity index (χ0n) is 45.5. The summed E-state index contributed by atoms with van der Waals surface area (Å²) in [6.45, 7) is 36.5. The average molecular weight is 1160 g/mol. The predicted octanol–water partition coefficient (Wildman–Crippen LogP) is 19.8. The van der Waals surface area contributed by atoms with Gasteiger partial charge in [-0.25, -0.2) is 0 Å². The molecule has 0 amide bonds. The highest BCUT2D eigenvalue weighted by atomic mass is 32.1. The first kappa shape index (κ1) is 53.3. The van der Waals surface area contributed by atoms with Crippen molar-refractivity contribution in [1.29, 1.82) is 0 Å². The summed E-state index contributed by atoms with van der Waals surface area (Å²) < 4.78 is 49.4. The number of rotatable bonds is 9. The molecule has 13 rings (SSSR count). The number of fused-ring (bicyclic) bond motifs is 8. The Balaban J connectivity index is 0.000000121. The molecule has 75 heavy (non-hydrogen) atoms. The van der Waals surface area contributed by atoms with Crippen LogP contribution in [-0.2, 0) is 5.41 Å². The van der Waals surface area contributed by atoms with Gasteiger partial charge in [0.25, 0.3) is 0 Å². The van der Waals surface area contributed by atoms with Gasteiger partial charge in [0.1, 0.15) is 52.9 Å². The molecule has 5 aliphatic rings. The third-order valence-electron chi connectivity index (χ3n) is 13.9. The van der Waals surface area contributed by atoms with Crippen LogP contribution in [0.25, 0.3) is 49.1 Å². The van der Waals surface area contributed by atoms with Gasteiger partial charge < -0.3 is 37.9 Å². The van der Waals surface area contributed by atoms with Gasteiger partial charge in [-0.1, -0.05) is 96.9 Å². The standard InChI is InChI=1S/C23H26O2S3.C18H22O4S2.C18H20O2S3/c1-11(2)15-9-13-20(26-15)21-14(23(13,5)6)10-16(27-21)22-18-17(24-7-8-25-18)19(28-22)12(3)4;1-9(2)15-11-13(21-7-5-19-11)17(23-15)18-14-12(20-6-8-22-14)16(24-18)10(3)4;1-9(2)14-12-13(20-7-6-19-12)18(22-14)17-11-5-8-21-16(11)15(23-17)10(3)4/h9-12H,7-8H2,1-6H3;9-10H,5-8H2,1-4H3;5,8-10H,6-7H2,1-4H3. The first-order chi connectivity index (χ1) is 35.9. The summed E-state index contributed by atoms with van der Waals surface area (Å²) in [5.74, 6) is 10.3. The predicted molar refractivity (Wildman–Crippen MR) is 322 cm³/mol. The van der Waals surface area contributed by atoms with E-state index in [4.69, 9.17) is 37.9 Å². The molecule has 0 radical (unpaired) electrons. The van der Waals surface area contributed by atoms with Crippen LogP contribution in [0, 0.1) is 0 Å². The lowest BCUT2D eigenvalue weighted by atomic mass is 9.83. The molecule has 12 heterocycles. The van der Waals surface area contributed by atoms with Crippen LogP contribution in [0.4, 0.5) is 0 Å². The van der Waals surface area contributed by atoms with Crippen molar-refractivity contribution in [1.82, 2.24) is 0 Å². The molecule has 8 nitrogen and oxygen atoms in total. The number of hydrogen-bond donors (Lipinski definition) is 0. The van der Waals surface area contributed by atoms with E-state index in [1.165, 1.54) is 79.7 Å². The van der Waals surface area contributed by atoms with E-state index >= 15 is 0 Å². The molecule has 0 bridgehead atoms. The van der Waals surface area contributed by atoms with Crippen LogP contribution in [-0.4, -0.2) is 52.9 Å². The maximum atomic E-state index is 6.09. The molecule has 8 aromatic rings. The molecule has 0 saturated carbocycles. The van der Waals surface area contributed by atoms with E-state index in [0.29, 0.717) is 88.4 Å². The molecule has 4 aliphatic heterocycles. The molecule has 8 aromatic heterocycles. The van der Waals surface area contributed by atoms with Crippen molar-refractivity contribution in [2.75, 3.05) is 52.9 Å². The Kier molecular flexibility index (Phi) is 15.0. The summed E-state index contributed by atoms with van der Waals surface area (Å²) in [7, 11) is 0. The Morgan fingerprint density at radius 2 is 0.707 bits per heavy atom. The van der Waals surface area contributed by atoms with Crippen molar-refractivity contribution in [2.24, 2.45) is 0 Å². The zero-order chi connectivity index (χ0) is 52.8. The third-order valence-corrected chi connectivity index (χ3v) is 25.5. The summed E-state index contributed by atoms with van der Waals surface area (Å²) in [6, 6.07) is 7.11. The minimum absolute atomic E-state index is 0.0681. The SMILES string of the molecule is CC(C)c1cc2c(s1)-c1sc(-c3sc(C(C)C)c4c3OCCO4)cc1C2(C)C.CC(C)c1sc(-c2sc(C(C)C)c3c2OCCO3)c2c1OCCO2.CC(C)c1sc(-c2sc(C(C)C)c3sccc23)c2c1OCCO2. The Hall–Kier alpha value is -3.74. The number of ether oxygens (including phenoxy) is 8. The molecule has 400 valence electrons. The second kappa shape index (κ2) is 21.1. The highest BCUT2D eigenvalue weighted by Gasteiger charge is 2.41. The highest BCUT2D eigenvalue weighted by molar-refractivity contribution is 7.28. The van der Waals surface area contributed by atoms with Gasteiger partial charge in [0.15, 0.2) is 46.0 Å². The molecular formula is C59H68O8S8. The fourth-order valence-corrected chi connectivity index (χ4v) is 20.5. The van der Waals surface area contributed by atoms with Crippen molar-refractivity contribution in [3.8, 4) is 85.0 Å². The van der Waals surface area contributed by atoms with Crippen molar-refractivity contribution < 1.29 is 37.9 Å². The van der Waals surface area contributed by atoms with Gasteiger partial charge in [0, 0.05) is 39.9 Å². The Bertz CT molecular complexity index is 3300. The van der Waals surface area contributed by atoms with Crippen LogP contribution in [0.5, 0.6) is 46.0 Å². The molecule has 16 heteroatoms. The van der Waals surface area contributed by atoms with E-state index in [2.05, 4.69) is 121 Å². The van der Waals surface area contributed by atoms with E-state index < -0.39 is 0 Å². The smallest absolute Gasteiger partial charge is 0.181 e. The molecular weight excluding hydrogens is 1090 g/mol. The van der Waals surface area contributed by atoms with Crippen LogP contribution in [0.3, 0.4) is 0 Å². The van der Waals surface area contributed by atoms with Crippen LogP contribution < -0.4 is 37.9 Å². The van der Waals surface area contributed by atoms with Gasteiger partial charge in [-0.3, -0.25) is 0 Å². The van der Waals surface area contributed by atoms with Crippen LogP contribution in [0.15, 0.2) is 23.6 Å². The fraction of sp³-hybridized carbons (Fsp3) is 0.492. The maximum absolute atomic E-state index is 6.09. The lowest BCUT2D eigenvalue weighted by molar-refractivity contribution is 0.170. The second-order valence-electron chi connectivity index (χ2n) is 21.9. The number of thiophene rings is 8. The third kappa shape index (κ3) is 9.44. The molecule has 0 spiro atoms. The maximum Gasteiger partial charge on any atom is 0.181 e. The van der Waals surface area contributed by atoms with Gasteiger partial charge in [-0.15, -0.1) is 90.7 Å². The molecule has 0 N–H and O–H groups in total.